The van der Waals surface area contributed by atoms with Gasteiger partial charge >= 0.3 is 0 Å². The van der Waals surface area contributed by atoms with Crippen LogP contribution in [0.3, 0.4) is 0 Å². The fraction of sp³-hybridized carbons (Fsp3) is 0.600. The molecule has 1 aromatic carbocycles. The molecule has 0 fully saturated rings. The van der Waals surface area contributed by atoms with Crippen LogP contribution >= 0.6 is 11.6 Å². The molecule has 0 saturated carbocycles. The minimum Gasteiger partial charge on any atom is -0.313 e. The number of hydrogen-bond donors (Lipinski definition) is 1. The Labute approximate surface area is 111 Å². The summed E-state index contributed by atoms with van der Waals surface area (Å²) < 4.78 is 0. The topological polar surface area (TPSA) is 12.0 Å². The van der Waals surface area contributed by atoms with Crippen molar-refractivity contribution in [2.75, 3.05) is 7.05 Å². The minimum absolute atomic E-state index is 0.411. The maximum Gasteiger partial charge on any atom is 0.0411 e. The first-order valence-electron chi connectivity index (χ1n) is 6.51. The van der Waals surface area contributed by atoms with Crippen molar-refractivity contribution in [1.82, 2.24) is 5.32 Å². The van der Waals surface area contributed by atoms with Crippen molar-refractivity contribution in [1.29, 1.82) is 0 Å². The summed E-state index contributed by atoms with van der Waals surface area (Å²) in [6, 6.07) is 6.72. The first-order valence-corrected chi connectivity index (χ1v) is 6.89. The van der Waals surface area contributed by atoms with Gasteiger partial charge in [0.15, 0.2) is 0 Å². The van der Waals surface area contributed by atoms with Crippen molar-refractivity contribution < 1.29 is 0 Å². The van der Waals surface area contributed by atoms with Gasteiger partial charge in [-0.15, -0.1) is 0 Å². The van der Waals surface area contributed by atoms with Crippen LogP contribution in [0.15, 0.2) is 18.2 Å². The fourth-order valence-electron chi connectivity index (χ4n) is 2.40. The van der Waals surface area contributed by atoms with Crippen molar-refractivity contribution in [2.24, 2.45) is 5.92 Å². The third-order valence-corrected chi connectivity index (χ3v) is 3.45. The van der Waals surface area contributed by atoms with Crippen molar-refractivity contribution in [3.8, 4) is 0 Å². The molecule has 0 aliphatic heterocycles. The van der Waals surface area contributed by atoms with E-state index in [1.165, 1.54) is 30.4 Å². The molecule has 1 N–H and O–H groups in total. The predicted molar refractivity (Wildman–Crippen MR) is 76.7 cm³/mol. The Balaban J connectivity index is 2.78. The molecule has 0 aliphatic carbocycles. The summed E-state index contributed by atoms with van der Waals surface area (Å²) in [6.07, 6.45) is 3.72. The minimum atomic E-state index is 0.411. The zero-order valence-electron chi connectivity index (χ0n) is 11.4. The molecule has 0 radical (unpaired) electrons. The molecular formula is C15H24ClN. The standard InChI is InChI=1S/C15H24ClN/c1-5-6-11(2)9-15(17-4)13-7-12(3)8-14(16)10-13/h7-8,10-11,15,17H,5-6,9H2,1-4H3. The van der Waals surface area contributed by atoms with E-state index in [1.807, 2.05) is 13.1 Å². The maximum absolute atomic E-state index is 6.12. The SMILES string of the molecule is CCCC(C)CC(NC)c1cc(C)cc(Cl)c1. The van der Waals surface area contributed by atoms with Gasteiger partial charge in [0.1, 0.15) is 0 Å². The molecule has 0 spiro atoms. The molecule has 96 valence electrons. The van der Waals surface area contributed by atoms with Crippen LogP contribution in [0.4, 0.5) is 0 Å². The molecule has 2 atom stereocenters. The van der Waals surface area contributed by atoms with Gasteiger partial charge in [0.2, 0.25) is 0 Å². The number of rotatable bonds is 6. The molecule has 0 amide bonds. The number of aryl methyl sites for hydroxylation is 1. The molecular weight excluding hydrogens is 230 g/mol. The van der Waals surface area contributed by atoms with Crippen LogP contribution in [0.25, 0.3) is 0 Å². The van der Waals surface area contributed by atoms with Crippen molar-refractivity contribution in [3.05, 3.63) is 34.3 Å². The average Bonchev–Trinajstić information content (AvgIpc) is 2.24. The summed E-state index contributed by atoms with van der Waals surface area (Å²) >= 11 is 6.12. The molecule has 17 heavy (non-hydrogen) atoms. The first-order chi connectivity index (χ1) is 8.06. The Kier molecular flexibility index (Phi) is 6.01. The molecule has 0 bridgehead atoms. The Morgan fingerprint density at radius 1 is 1.29 bits per heavy atom. The van der Waals surface area contributed by atoms with Crippen molar-refractivity contribution in [2.45, 2.75) is 46.1 Å². The molecule has 1 rings (SSSR count). The van der Waals surface area contributed by atoms with Crippen LogP contribution in [-0.4, -0.2) is 7.05 Å². The van der Waals surface area contributed by atoms with Crippen molar-refractivity contribution in [3.63, 3.8) is 0 Å². The van der Waals surface area contributed by atoms with Gasteiger partial charge in [-0.2, -0.15) is 0 Å². The Hall–Kier alpha value is -0.530. The normalized spacial score (nSPS) is 14.6. The Morgan fingerprint density at radius 2 is 2.00 bits per heavy atom. The summed E-state index contributed by atoms with van der Waals surface area (Å²) in [6.45, 7) is 6.66. The molecule has 2 unspecified atom stereocenters. The Bertz CT molecular complexity index is 329. The van der Waals surface area contributed by atoms with Crippen LogP contribution in [-0.2, 0) is 0 Å². The lowest BCUT2D eigenvalue weighted by molar-refractivity contribution is 0.407. The summed E-state index contributed by atoms with van der Waals surface area (Å²) in [5, 5.41) is 4.24. The predicted octanol–water partition coefficient (Wildman–Crippen LogP) is 4.74. The number of nitrogens with one attached hydrogen (secondary N) is 1. The van der Waals surface area contributed by atoms with E-state index in [4.69, 9.17) is 11.6 Å². The van der Waals surface area contributed by atoms with Crippen LogP contribution in [0.5, 0.6) is 0 Å². The van der Waals surface area contributed by atoms with E-state index in [0.29, 0.717) is 6.04 Å². The van der Waals surface area contributed by atoms with E-state index in [1.54, 1.807) is 0 Å². The lowest BCUT2D eigenvalue weighted by atomic mass is 9.92. The molecule has 0 heterocycles. The maximum atomic E-state index is 6.12. The van der Waals surface area contributed by atoms with Crippen molar-refractivity contribution >= 4 is 11.6 Å². The second kappa shape index (κ2) is 7.03. The third kappa shape index (κ3) is 4.69. The fourth-order valence-corrected chi connectivity index (χ4v) is 2.70. The van der Waals surface area contributed by atoms with E-state index in [0.717, 1.165) is 10.9 Å². The highest BCUT2D eigenvalue weighted by atomic mass is 35.5. The number of benzene rings is 1. The van der Waals surface area contributed by atoms with Gasteiger partial charge < -0.3 is 5.32 Å². The molecule has 1 aromatic rings. The van der Waals surface area contributed by atoms with E-state index in [-0.39, 0.29) is 0 Å². The molecule has 1 nitrogen and oxygen atoms in total. The van der Waals surface area contributed by atoms with Crippen LogP contribution in [0.2, 0.25) is 5.02 Å². The highest BCUT2D eigenvalue weighted by Crippen LogP contribution is 2.26. The van der Waals surface area contributed by atoms with E-state index >= 15 is 0 Å². The van der Waals surface area contributed by atoms with Gasteiger partial charge in [0.25, 0.3) is 0 Å². The van der Waals surface area contributed by atoms with Crippen LogP contribution in [0, 0.1) is 12.8 Å². The van der Waals surface area contributed by atoms with Crippen LogP contribution < -0.4 is 5.32 Å². The quantitative estimate of drug-likeness (QED) is 0.773. The Morgan fingerprint density at radius 3 is 2.53 bits per heavy atom. The lowest BCUT2D eigenvalue weighted by Gasteiger charge is -2.21. The van der Waals surface area contributed by atoms with Gasteiger partial charge in [-0.1, -0.05) is 44.4 Å². The smallest absolute Gasteiger partial charge is 0.0411 e. The lowest BCUT2D eigenvalue weighted by Crippen LogP contribution is -2.19. The highest BCUT2D eigenvalue weighted by Gasteiger charge is 2.13. The monoisotopic (exact) mass is 253 g/mol. The van der Waals surface area contributed by atoms with Gasteiger partial charge in [0.05, 0.1) is 0 Å². The second-order valence-corrected chi connectivity index (χ2v) is 5.47. The third-order valence-electron chi connectivity index (χ3n) is 3.23. The summed E-state index contributed by atoms with van der Waals surface area (Å²) in [4.78, 5) is 0. The van der Waals surface area contributed by atoms with E-state index in [9.17, 15) is 0 Å². The highest BCUT2D eigenvalue weighted by molar-refractivity contribution is 6.30. The van der Waals surface area contributed by atoms with Gasteiger partial charge in [-0.05, 0) is 49.6 Å². The first kappa shape index (κ1) is 14.5. The average molecular weight is 254 g/mol. The second-order valence-electron chi connectivity index (χ2n) is 5.03. The van der Waals surface area contributed by atoms with E-state index < -0.39 is 0 Å². The summed E-state index contributed by atoms with van der Waals surface area (Å²) in [7, 11) is 2.03. The van der Waals surface area contributed by atoms with Crippen LogP contribution in [0.1, 0.15) is 50.3 Å². The van der Waals surface area contributed by atoms with E-state index in [2.05, 4.69) is 38.2 Å². The van der Waals surface area contributed by atoms with Gasteiger partial charge in [-0.3, -0.25) is 0 Å². The number of halogens is 1. The molecule has 0 aliphatic rings. The summed E-state index contributed by atoms with van der Waals surface area (Å²) in [5.74, 6) is 0.747. The molecule has 2 heteroatoms. The zero-order valence-corrected chi connectivity index (χ0v) is 12.1. The zero-order chi connectivity index (χ0) is 12.8. The number of hydrogen-bond acceptors (Lipinski definition) is 1. The van der Waals surface area contributed by atoms with Gasteiger partial charge in [0, 0.05) is 11.1 Å². The largest absolute Gasteiger partial charge is 0.313 e. The summed E-state index contributed by atoms with van der Waals surface area (Å²) in [5.41, 5.74) is 2.54. The van der Waals surface area contributed by atoms with Gasteiger partial charge in [-0.25, -0.2) is 0 Å². The molecule has 0 aromatic heterocycles. The molecule has 0 saturated heterocycles.